The van der Waals surface area contributed by atoms with Crippen molar-refractivity contribution in [3.05, 3.63) is 54.1 Å². The molecular formula is C23H30N2O4S2. The van der Waals surface area contributed by atoms with Gasteiger partial charge in [-0.1, -0.05) is 39.0 Å². The summed E-state index contributed by atoms with van der Waals surface area (Å²) in [5, 5.41) is 2.51. The topological polar surface area (TPSA) is 75.7 Å². The van der Waals surface area contributed by atoms with E-state index in [0.717, 1.165) is 4.90 Å². The van der Waals surface area contributed by atoms with Crippen molar-refractivity contribution in [2.45, 2.75) is 48.2 Å². The zero-order valence-corrected chi connectivity index (χ0v) is 20.1. The van der Waals surface area contributed by atoms with E-state index >= 15 is 0 Å². The van der Waals surface area contributed by atoms with Gasteiger partial charge in [0.1, 0.15) is 0 Å². The first-order chi connectivity index (χ1) is 14.6. The number of carbonyl (C=O) groups excluding carboxylic acids is 1. The predicted molar refractivity (Wildman–Crippen MR) is 125 cm³/mol. The van der Waals surface area contributed by atoms with Crippen molar-refractivity contribution >= 4 is 33.4 Å². The number of thioether (sulfide) groups is 1. The van der Waals surface area contributed by atoms with Gasteiger partial charge in [0.15, 0.2) is 0 Å². The summed E-state index contributed by atoms with van der Waals surface area (Å²) < 4.78 is 32.4. The molecule has 168 valence electrons. The molecule has 0 radical (unpaired) electrons. The van der Waals surface area contributed by atoms with Crippen LogP contribution in [0.5, 0.6) is 0 Å². The SMILES string of the molecule is C[C@H](Sc1ccc(C(C)(C)C)cc1)C(=O)Nc1cccc(S(=O)(=O)N2CCOCC2)c1. The summed E-state index contributed by atoms with van der Waals surface area (Å²) in [6.45, 7) is 9.78. The van der Waals surface area contributed by atoms with E-state index < -0.39 is 10.0 Å². The third-order valence-corrected chi connectivity index (χ3v) is 8.12. The van der Waals surface area contributed by atoms with E-state index in [1.807, 2.05) is 19.1 Å². The average molecular weight is 463 g/mol. The molecule has 1 fully saturated rings. The summed E-state index contributed by atoms with van der Waals surface area (Å²) in [5.74, 6) is -0.175. The Kier molecular flexibility index (Phi) is 7.47. The van der Waals surface area contributed by atoms with Crippen LogP contribution in [0.4, 0.5) is 5.69 Å². The van der Waals surface area contributed by atoms with Crippen molar-refractivity contribution in [3.8, 4) is 0 Å². The number of carbonyl (C=O) groups is 1. The van der Waals surface area contributed by atoms with Gasteiger partial charge in [0, 0.05) is 23.7 Å². The van der Waals surface area contributed by atoms with Crippen LogP contribution >= 0.6 is 11.8 Å². The van der Waals surface area contributed by atoms with E-state index in [9.17, 15) is 13.2 Å². The number of hydrogen-bond donors (Lipinski definition) is 1. The average Bonchev–Trinajstić information content (AvgIpc) is 2.74. The van der Waals surface area contributed by atoms with Gasteiger partial charge in [-0.05, 0) is 48.2 Å². The second kappa shape index (κ2) is 9.73. The molecule has 8 heteroatoms. The Bertz CT molecular complexity index is 1010. The molecule has 0 saturated carbocycles. The Hall–Kier alpha value is -1.87. The minimum atomic E-state index is -3.61. The summed E-state index contributed by atoms with van der Waals surface area (Å²) in [6.07, 6.45) is 0. The summed E-state index contributed by atoms with van der Waals surface area (Å²) in [4.78, 5) is 13.9. The number of anilines is 1. The molecule has 1 aliphatic heterocycles. The molecule has 31 heavy (non-hydrogen) atoms. The summed E-state index contributed by atoms with van der Waals surface area (Å²) >= 11 is 1.47. The van der Waals surface area contributed by atoms with Crippen LogP contribution in [-0.4, -0.2) is 50.2 Å². The van der Waals surface area contributed by atoms with Crippen LogP contribution in [0.3, 0.4) is 0 Å². The molecule has 2 aromatic rings. The third-order valence-electron chi connectivity index (χ3n) is 5.11. The lowest BCUT2D eigenvalue weighted by molar-refractivity contribution is -0.115. The first-order valence-electron chi connectivity index (χ1n) is 10.3. The number of sulfonamides is 1. The highest BCUT2D eigenvalue weighted by molar-refractivity contribution is 8.00. The number of morpholine rings is 1. The normalized spacial score (nSPS) is 16.6. The number of hydrogen-bond acceptors (Lipinski definition) is 5. The van der Waals surface area contributed by atoms with Gasteiger partial charge >= 0.3 is 0 Å². The highest BCUT2D eigenvalue weighted by Crippen LogP contribution is 2.28. The zero-order valence-electron chi connectivity index (χ0n) is 18.4. The van der Waals surface area contributed by atoms with Crippen molar-refractivity contribution in [2.24, 2.45) is 0 Å². The van der Waals surface area contributed by atoms with Crippen molar-refractivity contribution in [1.82, 2.24) is 4.31 Å². The van der Waals surface area contributed by atoms with Gasteiger partial charge in [0.05, 0.1) is 23.4 Å². The first kappa shape index (κ1) is 23.8. The molecule has 2 aromatic carbocycles. The quantitative estimate of drug-likeness (QED) is 0.654. The molecule has 1 amide bonds. The number of amides is 1. The van der Waals surface area contributed by atoms with E-state index in [1.165, 1.54) is 27.7 Å². The highest BCUT2D eigenvalue weighted by atomic mass is 32.2. The predicted octanol–water partition coefficient (Wildman–Crippen LogP) is 4.12. The fourth-order valence-electron chi connectivity index (χ4n) is 3.21. The summed E-state index contributed by atoms with van der Waals surface area (Å²) in [6, 6.07) is 14.7. The second-order valence-electron chi connectivity index (χ2n) is 8.57. The minimum Gasteiger partial charge on any atom is -0.379 e. The molecule has 0 aliphatic carbocycles. The lowest BCUT2D eigenvalue weighted by atomic mass is 9.87. The van der Waals surface area contributed by atoms with E-state index in [1.54, 1.807) is 18.2 Å². The first-order valence-corrected chi connectivity index (χ1v) is 12.7. The molecule has 0 spiro atoms. The van der Waals surface area contributed by atoms with Crippen molar-refractivity contribution < 1.29 is 17.9 Å². The van der Waals surface area contributed by atoms with Crippen LogP contribution in [0, 0.1) is 0 Å². The Morgan fingerprint density at radius 2 is 1.74 bits per heavy atom. The van der Waals surface area contributed by atoms with Gasteiger partial charge in [0.25, 0.3) is 0 Å². The molecule has 1 aliphatic rings. The van der Waals surface area contributed by atoms with E-state index in [2.05, 4.69) is 38.2 Å². The van der Waals surface area contributed by atoms with E-state index in [4.69, 9.17) is 4.74 Å². The highest BCUT2D eigenvalue weighted by Gasteiger charge is 2.26. The van der Waals surface area contributed by atoms with Gasteiger partial charge in [-0.3, -0.25) is 4.79 Å². The Balaban J connectivity index is 1.65. The van der Waals surface area contributed by atoms with Gasteiger partial charge in [-0.15, -0.1) is 11.8 Å². The molecule has 1 saturated heterocycles. The number of ether oxygens (including phenoxy) is 1. The molecular weight excluding hydrogens is 432 g/mol. The van der Waals surface area contributed by atoms with Crippen LogP contribution in [0.2, 0.25) is 0 Å². The van der Waals surface area contributed by atoms with Crippen LogP contribution < -0.4 is 5.32 Å². The third kappa shape index (κ3) is 6.10. The minimum absolute atomic E-state index is 0.0821. The molecule has 1 heterocycles. The Morgan fingerprint density at radius 3 is 2.35 bits per heavy atom. The van der Waals surface area contributed by atoms with Crippen molar-refractivity contribution in [2.75, 3.05) is 31.6 Å². The Labute approximate surface area is 189 Å². The van der Waals surface area contributed by atoms with Gasteiger partial charge < -0.3 is 10.1 Å². The van der Waals surface area contributed by atoms with Gasteiger partial charge in [-0.2, -0.15) is 4.31 Å². The van der Waals surface area contributed by atoms with Crippen molar-refractivity contribution in [3.63, 3.8) is 0 Å². The molecule has 1 atom stereocenters. The smallest absolute Gasteiger partial charge is 0.243 e. The fraction of sp³-hybridized carbons (Fsp3) is 0.435. The number of nitrogens with one attached hydrogen (secondary N) is 1. The summed E-state index contributed by atoms with van der Waals surface area (Å²) in [7, 11) is -3.61. The number of benzene rings is 2. The maximum absolute atomic E-state index is 12.9. The zero-order chi connectivity index (χ0) is 22.6. The Morgan fingerprint density at radius 1 is 1.10 bits per heavy atom. The van der Waals surface area contributed by atoms with Crippen LogP contribution in [-0.2, 0) is 25.0 Å². The maximum atomic E-state index is 12.9. The van der Waals surface area contributed by atoms with E-state index in [-0.39, 0.29) is 21.5 Å². The molecule has 0 unspecified atom stereocenters. The largest absolute Gasteiger partial charge is 0.379 e. The molecule has 0 aromatic heterocycles. The molecule has 3 rings (SSSR count). The lowest BCUT2D eigenvalue weighted by Gasteiger charge is -2.26. The molecule has 1 N–H and O–H groups in total. The molecule has 0 bridgehead atoms. The number of nitrogens with zero attached hydrogens (tertiary/aromatic N) is 1. The fourth-order valence-corrected chi connectivity index (χ4v) is 5.53. The van der Waals surface area contributed by atoms with Crippen molar-refractivity contribution in [1.29, 1.82) is 0 Å². The standard InChI is InChI=1S/C23H30N2O4S2/c1-17(30-20-10-8-18(9-11-20)23(2,3)4)22(26)24-19-6-5-7-21(16-19)31(27,28)25-12-14-29-15-13-25/h5-11,16-17H,12-15H2,1-4H3,(H,24,26)/t17-/m0/s1. The van der Waals surface area contributed by atoms with Gasteiger partial charge in [0.2, 0.25) is 15.9 Å². The second-order valence-corrected chi connectivity index (χ2v) is 11.9. The van der Waals surface area contributed by atoms with E-state index in [0.29, 0.717) is 32.0 Å². The maximum Gasteiger partial charge on any atom is 0.243 e. The summed E-state index contributed by atoms with van der Waals surface area (Å²) in [5.41, 5.74) is 1.79. The number of rotatable bonds is 6. The lowest BCUT2D eigenvalue weighted by Crippen LogP contribution is -2.40. The van der Waals surface area contributed by atoms with Gasteiger partial charge in [-0.25, -0.2) is 8.42 Å². The van der Waals surface area contributed by atoms with Crippen LogP contribution in [0.15, 0.2) is 58.3 Å². The van der Waals surface area contributed by atoms with Crippen LogP contribution in [0.25, 0.3) is 0 Å². The monoisotopic (exact) mass is 462 g/mol. The van der Waals surface area contributed by atoms with Crippen LogP contribution in [0.1, 0.15) is 33.3 Å². The molecule has 6 nitrogen and oxygen atoms in total.